The van der Waals surface area contributed by atoms with Gasteiger partial charge in [0.15, 0.2) is 0 Å². The van der Waals surface area contributed by atoms with Crippen LogP contribution in [0.2, 0.25) is 0 Å². The molecular weight excluding hydrogens is 216 g/mol. The number of aromatic nitrogens is 2. The highest BCUT2D eigenvalue weighted by atomic mass is 16.4. The van der Waals surface area contributed by atoms with E-state index in [1.165, 1.54) is 11.1 Å². The maximum absolute atomic E-state index is 5.42. The van der Waals surface area contributed by atoms with Crippen LogP contribution in [0.1, 0.15) is 17.0 Å². The van der Waals surface area contributed by atoms with E-state index in [1.54, 1.807) is 0 Å². The van der Waals surface area contributed by atoms with Crippen molar-refractivity contribution in [1.29, 1.82) is 0 Å². The van der Waals surface area contributed by atoms with Crippen LogP contribution in [-0.4, -0.2) is 16.2 Å². The van der Waals surface area contributed by atoms with Crippen molar-refractivity contribution in [3.05, 3.63) is 41.3 Å². The minimum Gasteiger partial charge on any atom is -0.407 e. The molecule has 5 heteroatoms. The van der Waals surface area contributed by atoms with Gasteiger partial charge < -0.3 is 15.5 Å². The second-order valence-electron chi connectivity index (χ2n) is 4.22. The molecule has 0 saturated carbocycles. The Bertz CT molecular complexity index is 498. The molecule has 0 spiro atoms. The summed E-state index contributed by atoms with van der Waals surface area (Å²) in [6, 6.07) is 9.26. The van der Waals surface area contributed by atoms with Crippen LogP contribution in [0.25, 0.3) is 0 Å². The smallest absolute Gasteiger partial charge is 0.315 e. The quantitative estimate of drug-likeness (QED) is 0.825. The van der Waals surface area contributed by atoms with Gasteiger partial charge in [-0.25, -0.2) is 0 Å². The first-order valence-electron chi connectivity index (χ1n) is 5.71. The van der Waals surface area contributed by atoms with Crippen molar-refractivity contribution in [3.63, 3.8) is 0 Å². The minimum absolute atomic E-state index is 0.277. The zero-order valence-corrected chi connectivity index (χ0v) is 9.39. The molecule has 88 valence electrons. The second kappa shape index (κ2) is 4.18. The fourth-order valence-electron chi connectivity index (χ4n) is 2.23. The molecule has 3 rings (SSSR count). The summed E-state index contributed by atoms with van der Waals surface area (Å²) in [5, 5.41) is 11.0. The summed E-state index contributed by atoms with van der Waals surface area (Å²) in [5.41, 5.74) is 8.20. The van der Waals surface area contributed by atoms with Crippen LogP contribution in [0, 0.1) is 0 Å². The van der Waals surface area contributed by atoms with Gasteiger partial charge in [-0.15, -0.1) is 5.10 Å². The SMILES string of the molecule is NCc1nnc(NC2Cc3ccccc3C2)o1. The van der Waals surface area contributed by atoms with E-state index in [2.05, 4.69) is 39.8 Å². The Hall–Kier alpha value is -1.88. The van der Waals surface area contributed by atoms with Gasteiger partial charge in [0.2, 0.25) is 5.89 Å². The summed E-state index contributed by atoms with van der Waals surface area (Å²) < 4.78 is 5.34. The van der Waals surface area contributed by atoms with Gasteiger partial charge in [0.25, 0.3) is 0 Å². The number of nitrogens with one attached hydrogen (secondary N) is 1. The number of hydrogen-bond acceptors (Lipinski definition) is 5. The highest BCUT2D eigenvalue weighted by Crippen LogP contribution is 2.23. The third kappa shape index (κ3) is 2.01. The lowest BCUT2D eigenvalue weighted by molar-refractivity contribution is 0.501. The molecule has 0 fully saturated rings. The Morgan fingerprint density at radius 2 is 1.94 bits per heavy atom. The molecule has 0 bridgehead atoms. The molecule has 1 heterocycles. The van der Waals surface area contributed by atoms with E-state index in [0.717, 1.165) is 12.8 Å². The van der Waals surface area contributed by atoms with E-state index in [4.69, 9.17) is 10.2 Å². The second-order valence-corrected chi connectivity index (χ2v) is 4.22. The molecule has 1 aliphatic carbocycles. The van der Waals surface area contributed by atoms with E-state index in [-0.39, 0.29) is 6.54 Å². The maximum Gasteiger partial charge on any atom is 0.315 e. The molecule has 1 aromatic heterocycles. The zero-order valence-electron chi connectivity index (χ0n) is 9.39. The van der Waals surface area contributed by atoms with Gasteiger partial charge in [-0.1, -0.05) is 29.4 Å². The van der Waals surface area contributed by atoms with Crippen molar-refractivity contribution in [2.24, 2.45) is 5.73 Å². The van der Waals surface area contributed by atoms with Crippen molar-refractivity contribution in [3.8, 4) is 0 Å². The Balaban J connectivity index is 1.69. The number of hydrogen-bond donors (Lipinski definition) is 2. The number of anilines is 1. The molecule has 1 aromatic carbocycles. The van der Waals surface area contributed by atoms with E-state index in [1.807, 2.05) is 0 Å². The van der Waals surface area contributed by atoms with Crippen LogP contribution < -0.4 is 11.1 Å². The molecule has 5 nitrogen and oxygen atoms in total. The van der Waals surface area contributed by atoms with Gasteiger partial charge in [-0.3, -0.25) is 0 Å². The fourth-order valence-corrected chi connectivity index (χ4v) is 2.23. The van der Waals surface area contributed by atoms with Crippen LogP contribution in [0.5, 0.6) is 0 Å². The van der Waals surface area contributed by atoms with Crippen molar-refractivity contribution in [2.45, 2.75) is 25.4 Å². The van der Waals surface area contributed by atoms with Crippen molar-refractivity contribution < 1.29 is 4.42 Å². The summed E-state index contributed by atoms with van der Waals surface area (Å²) in [7, 11) is 0. The Labute approximate surface area is 99.0 Å². The third-order valence-electron chi connectivity index (χ3n) is 3.02. The molecule has 17 heavy (non-hydrogen) atoms. The minimum atomic E-state index is 0.277. The van der Waals surface area contributed by atoms with Gasteiger partial charge in [-0.05, 0) is 24.0 Å². The largest absolute Gasteiger partial charge is 0.407 e. The lowest BCUT2D eigenvalue weighted by Gasteiger charge is -2.08. The van der Waals surface area contributed by atoms with Gasteiger partial charge in [0, 0.05) is 6.04 Å². The van der Waals surface area contributed by atoms with Crippen molar-refractivity contribution in [1.82, 2.24) is 10.2 Å². The summed E-state index contributed by atoms with van der Waals surface area (Å²) in [4.78, 5) is 0. The molecule has 0 amide bonds. The average Bonchev–Trinajstić information content (AvgIpc) is 2.94. The summed E-state index contributed by atoms with van der Waals surface area (Å²) >= 11 is 0. The number of nitrogens with two attached hydrogens (primary N) is 1. The highest BCUT2D eigenvalue weighted by Gasteiger charge is 2.22. The molecule has 0 atom stereocenters. The Morgan fingerprint density at radius 3 is 2.53 bits per heavy atom. The summed E-state index contributed by atoms with van der Waals surface area (Å²) in [5.74, 6) is 0.461. The predicted molar refractivity (Wildman–Crippen MR) is 63.5 cm³/mol. The topological polar surface area (TPSA) is 77.0 Å². The molecule has 3 N–H and O–H groups in total. The van der Waals surface area contributed by atoms with Crippen LogP contribution >= 0.6 is 0 Å². The standard InChI is InChI=1S/C12H14N4O/c13-7-11-15-16-12(17-11)14-10-5-8-3-1-2-4-9(8)6-10/h1-4,10H,5-7,13H2,(H,14,16). The fraction of sp³-hybridized carbons (Fsp3) is 0.333. The molecule has 0 unspecified atom stereocenters. The van der Waals surface area contributed by atoms with E-state index in [9.17, 15) is 0 Å². The lowest BCUT2D eigenvalue weighted by Crippen LogP contribution is -2.19. The number of nitrogens with zero attached hydrogens (tertiary/aromatic N) is 2. The number of benzene rings is 1. The zero-order chi connectivity index (χ0) is 11.7. The van der Waals surface area contributed by atoms with Crippen LogP contribution in [0.15, 0.2) is 28.7 Å². The van der Waals surface area contributed by atoms with E-state index >= 15 is 0 Å². The first kappa shape index (κ1) is 10.3. The van der Waals surface area contributed by atoms with Crippen LogP contribution in [0.3, 0.4) is 0 Å². The van der Waals surface area contributed by atoms with Crippen LogP contribution in [-0.2, 0) is 19.4 Å². The molecular formula is C12H14N4O. The average molecular weight is 230 g/mol. The molecule has 1 aliphatic rings. The van der Waals surface area contributed by atoms with E-state index in [0.29, 0.717) is 17.9 Å². The molecule has 2 aromatic rings. The predicted octanol–water partition coefficient (Wildman–Crippen LogP) is 1.11. The Morgan fingerprint density at radius 1 is 1.24 bits per heavy atom. The molecule has 0 aliphatic heterocycles. The van der Waals surface area contributed by atoms with Crippen LogP contribution in [0.4, 0.5) is 6.01 Å². The number of rotatable bonds is 3. The molecule has 0 saturated heterocycles. The van der Waals surface area contributed by atoms with Gasteiger partial charge in [0.05, 0.1) is 6.54 Å². The van der Waals surface area contributed by atoms with Crippen molar-refractivity contribution in [2.75, 3.05) is 5.32 Å². The molecule has 0 radical (unpaired) electrons. The van der Waals surface area contributed by atoms with Gasteiger partial charge in [0.1, 0.15) is 0 Å². The number of fused-ring (bicyclic) bond motifs is 1. The summed E-state index contributed by atoms with van der Waals surface area (Å²) in [6.45, 7) is 0.277. The lowest BCUT2D eigenvalue weighted by atomic mass is 10.1. The third-order valence-corrected chi connectivity index (χ3v) is 3.02. The maximum atomic E-state index is 5.42. The highest BCUT2D eigenvalue weighted by molar-refractivity contribution is 5.37. The van der Waals surface area contributed by atoms with Gasteiger partial charge >= 0.3 is 6.01 Å². The van der Waals surface area contributed by atoms with Crippen molar-refractivity contribution >= 4 is 6.01 Å². The first-order chi connectivity index (χ1) is 8.35. The Kier molecular flexibility index (Phi) is 2.53. The monoisotopic (exact) mass is 230 g/mol. The first-order valence-corrected chi connectivity index (χ1v) is 5.71. The normalized spacial score (nSPS) is 14.9. The van der Waals surface area contributed by atoms with E-state index < -0.39 is 0 Å². The van der Waals surface area contributed by atoms with Gasteiger partial charge in [-0.2, -0.15) is 0 Å². The summed E-state index contributed by atoms with van der Waals surface area (Å²) in [6.07, 6.45) is 1.99.